The van der Waals surface area contributed by atoms with Crippen molar-refractivity contribution in [3.8, 4) is 0 Å². The fourth-order valence-electron chi connectivity index (χ4n) is 1.76. The van der Waals surface area contributed by atoms with E-state index in [1.807, 2.05) is 0 Å². The van der Waals surface area contributed by atoms with Gasteiger partial charge in [0.25, 0.3) is 0 Å². The second kappa shape index (κ2) is 5.51. The van der Waals surface area contributed by atoms with Crippen molar-refractivity contribution in [1.29, 1.82) is 0 Å². The van der Waals surface area contributed by atoms with Crippen LogP contribution >= 0.6 is 0 Å². The van der Waals surface area contributed by atoms with Crippen LogP contribution in [-0.4, -0.2) is 17.7 Å². The van der Waals surface area contributed by atoms with Crippen LogP contribution < -0.4 is 0 Å². The lowest BCUT2D eigenvalue weighted by molar-refractivity contribution is 0.0682. The van der Waals surface area contributed by atoms with Crippen LogP contribution in [0.15, 0.2) is 41.3 Å². The van der Waals surface area contributed by atoms with Crippen molar-refractivity contribution in [1.82, 2.24) is 0 Å². The van der Waals surface area contributed by atoms with Crippen molar-refractivity contribution in [2.45, 2.75) is 13.0 Å². The van der Waals surface area contributed by atoms with Gasteiger partial charge in [-0.05, 0) is 12.5 Å². The zero-order chi connectivity index (χ0) is 13.0. The van der Waals surface area contributed by atoms with E-state index in [1.165, 1.54) is 0 Å². The third-order valence-corrected chi connectivity index (χ3v) is 2.58. The maximum absolute atomic E-state index is 11.3. The standard InChI is InChI=1S/C14H14O4/c1-2-3-8-17-9-12-13(14(15)16)10-6-4-5-7-11(10)18-12/h2,4-7H,1,3,8-9H2,(H,15,16). The fourth-order valence-corrected chi connectivity index (χ4v) is 1.76. The number of carboxylic acid groups (broad SMARTS) is 1. The van der Waals surface area contributed by atoms with Crippen molar-refractivity contribution in [2.24, 2.45) is 0 Å². The summed E-state index contributed by atoms with van der Waals surface area (Å²) in [7, 11) is 0. The van der Waals surface area contributed by atoms with Crippen molar-refractivity contribution in [3.05, 3.63) is 48.2 Å². The van der Waals surface area contributed by atoms with E-state index in [9.17, 15) is 9.90 Å². The first-order valence-corrected chi connectivity index (χ1v) is 5.66. The summed E-state index contributed by atoms with van der Waals surface area (Å²) in [5.74, 6) is -0.643. The van der Waals surface area contributed by atoms with E-state index in [1.54, 1.807) is 30.3 Å². The van der Waals surface area contributed by atoms with Gasteiger partial charge in [0.15, 0.2) is 0 Å². The fraction of sp³-hybridized carbons (Fsp3) is 0.214. The summed E-state index contributed by atoms with van der Waals surface area (Å²) in [5.41, 5.74) is 0.751. The Balaban J connectivity index is 2.28. The second-order valence-electron chi connectivity index (χ2n) is 3.83. The minimum Gasteiger partial charge on any atom is -0.478 e. The molecular formula is C14H14O4. The molecule has 2 aromatic rings. The first-order valence-electron chi connectivity index (χ1n) is 5.66. The van der Waals surface area contributed by atoms with Gasteiger partial charge in [-0.15, -0.1) is 6.58 Å². The van der Waals surface area contributed by atoms with E-state index in [-0.39, 0.29) is 12.2 Å². The Bertz CT molecular complexity index is 568. The summed E-state index contributed by atoms with van der Waals surface area (Å²) in [6, 6.07) is 7.07. The van der Waals surface area contributed by atoms with E-state index in [0.29, 0.717) is 23.3 Å². The van der Waals surface area contributed by atoms with Crippen LogP contribution in [0.4, 0.5) is 0 Å². The topological polar surface area (TPSA) is 59.7 Å². The average molecular weight is 246 g/mol. The Morgan fingerprint density at radius 3 is 2.94 bits per heavy atom. The molecule has 0 aliphatic rings. The molecule has 18 heavy (non-hydrogen) atoms. The third-order valence-electron chi connectivity index (χ3n) is 2.58. The highest BCUT2D eigenvalue weighted by atomic mass is 16.5. The van der Waals surface area contributed by atoms with E-state index in [0.717, 1.165) is 6.42 Å². The largest absolute Gasteiger partial charge is 0.478 e. The number of fused-ring (bicyclic) bond motifs is 1. The van der Waals surface area contributed by atoms with E-state index < -0.39 is 5.97 Å². The summed E-state index contributed by atoms with van der Waals surface area (Å²) in [4.78, 5) is 11.3. The molecular weight excluding hydrogens is 232 g/mol. The molecule has 0 atom stereocenters. The molecule has 94 valence electrons. The highest BCUT2D eigenvalue weighted by molar-refractivity contribution is 6.03. The van der Waals surface area contributed by atoms with Crippen LogP contribution in [0.1, 0.15) is 22.5 Å². The van der Waals surface area contributed by atoms with Gasteiger partial charge in [0.1, 0.15) is 23.5 Å². The predicted molar refractivity (Wildman–Crippen MR) is 67.6 cm³/mol. The van der Waals surface area contributed by atoms with Crippen LogP contribution in [0.5, 0.6) is 0 Å². The van der Waals surface area contributed by atoms with Gasteiger partial charge in [0, 0.05) is 5.39 Å². The number of para-hydroxylation sites is 1. The number of carboxylic acids is 1. The Morgan fingerprint density at radius 1 is 1.44 bits per heavy atom. The molecule has 0 bridgehead atoms. The predicted octanol–water partition coefficient (Wildman–Crippen LogP) is 3.22. The van der Waals surface area contributed by atoms with Gasteiger partial charge in [-0.25, -0.2) is 4.79 Å². The normalized spacial score (nSPS) is 10.7. The number of ether oxygens (including phenoxy) is 1. The molecule has 0 radical (unpaired) electrons. The summed E-state index contributed by atoms with van der Waals surface area (Å²) in [6.45, 7) is 4.24. The molecule has 1 aromatic carbocycles. The van der Waals surface area contributed by atoms with Crippen molar-refractivity contribution in [3.63, 3.8) is 0 Å². The maximum Gasteiger partial charge on any atom is 0.340 e. The molecule has 0 amide bonds. The van der Waals surface area contributed by atoms with Gasteiger partial charge in [-0.2, -0.15) is 0 Å². The van der Waals surface area contributed by atoms with Crippen molar-refractivity contribution in [2.75, 3.05) is 6.61 Å². The molecule has 4 nitrogen and oxygen atoms in total. The number of carbonyl (C=O) groups is 1. The summed E-state index contributed by atoms with van der Waals surface area (Å²) in [5, 5.41) is 9.83. The quantitative estimate of drug-likeness (QED) is 0.628. The monoisotopic (exact) mass is 246 g/mol. The Hall–Kier alpha value is -2.07. The first-order chi connectivity index (χ1) is 8.74. The minimum absolute atomic E-state index is 0.157. The SMILES string of the molecule is C=CCCOCc1oc2ccccc2c1C(=O)O. The number of hydrogen-bond donors (Lipinski definition) is 1. The van der Waals surface area contributed by atoms with E-state index >= 15 is 0 Å². The van der Waals surface area contributed by atoms with Crippen LogP contribution in [-0.2, 0) is 11.3 Å². The zero-order valence-electron chi connectivity index (χ0n) is 9.89. The summed E-state index contributed by atoms with van der Waals surface area (Å²) in [6.07, 6.45) is 2.47. The molecule has 2 rings (SSSR count). The number of benzene rings is 1. The van der Waals surface area contributed by atoms with Gasteiger partial charge in [-0.3, -0.25) is 0 Å². The summed E-state index contributed by atoms with van der Waals surface area (Å²) >= 11 is 0. The molecule has 0 aliphatic carbocycles. The molecule has 4 heteroatoms. The smallest absolute Gasteiger partial charge is 0.340 e. The van der Waals surface area contributed by atoms with Crippen LogP contribution in [0, 0.1) is 0 Å². The first kappa shape index (κ1) is 12.4. The molecule has 0 spiro atoms. The van der Waals surface area contributed by atoms with E-state index in [2.05, 4.69) is 6.58 Å². The number of aromatic carboxylic acids is 1. The number of furan rings is 1. The van der Waals surface area contributed by atoms with Crippen LogP contribution in [0.3, 0.4) is 0 Å². The maximum atomic E-state index is 11.3. The minimum atomic E-state index is -0.998. The Morgan fingerprint density at radius 2 is 2.22 bits per heavy atom. The average Bonchev–Trinajstić information content (AvgIpc) is 2.73. The van der Waals surface area contributed by atoms with Crippen LogP contribution in [0.25, 0.3) is 11.0 Å². The lowest BCUT2D eigenvalue weighted by atomic mass is 10.1. The molecule has 1 N–H and O–H groups in total. The van der Waals surface area contributed by atoms with Crippen molar-refractivity contribution >= 4 is 16.9 Å². The summed E-state index contributed by atoms with van der Waals surface area (Å²) < 4.78 is 10.9. The highest BCUT2D eigenvalue weighted by Crippen LogP contribution is 2.26. The molecule has 0 unspecified atom stereocenters. The lowest BCUT2D eigenvalue weighted by Crippen LogP contribution is -2.02. The van der Waals surface area contributed by atoms with Crippen molar-refractivity contribution < 1.29 is 19.1 Å². The molecule has 0 aliphatic heterocycles. The van der Waals surface area contributed by atoms with Gasteiger partial charge in [0.2, 0.25) is 0 Å². The molecule has 1 aromatic heterocycles. The lowest BCUT2D eigenvalue weighted by Gasteiger charge is -2.00. The van der Waals surface area contributed by atoms with E-state index in [4.69, 9.17) is 9.15 Å². The van der Waals surface area contributed by atoms with Gasteiger partial charge in [-0.1, -0.05) is 24.3 Å². The Labute approximate surface area is 104 Å². The van der Waals surface area contributed by atoms with Gasteiger partial charge >= 0.3 is 5.97 Å². The van der Waals surface area contributed by atoms with Gasteiger partial charge < -0.3 is 14.3 Å². The molecule has 0 saturated carbocycles. The Kier molecular flexibility index (Phi) is 3.79. The molecule has 0 saturated heterocycles. The molecule has 1 heterocycles. The zero-order valence-corrected chi connectivity index (χ0v) is 9.89. The highest BCUT2D eigenvalue weighted by Gasteiger charge is 2.19. The van der Waals surface area contributed by atoms with Crippen LogP contribution in [0.2, 0.25) is 0 Å². The van der Waals surface area contributed by atoms with Gasteiger partial charge in [0.05, 0.1) is 6.61 Å². The molecule has 0 fully saturated rings. The number of rotatable bonds is 6. The third kappa shape index (κ3) is 2.43. The number of hydrogen-bond acceptors (Lipinski definition) is 3. The second-order valence-corrected chi connectivity index (χ2v) is 3.83.